The number of hydrogen-bond acceptors (Lipinski definition) is 2. The smallest absolute Gasteiger partial charge is 0.270 e. The number of fused-ring (bicyclic) bond motifs is 1. The summed E-state index contributed by atoms with van der Waals surface area (Å²) >= 11 is 0. The maximum atomic E-state index is 12.0. The molecule has 0 unspecified atom stereocenters. The van der Waals surface area contributed by atoms with Crippen LogP contribution in [0.25, 0.3) is 10.8 Å². The van der Waals surface area contributed by atoms with Crippen LogP contribution in [0.5, 0.6) is 0 Å². The highest BCUT2D eigenvalue weighted by atomic mass is 16.1. The molecule has 2 aromatic rings. The Kier molecular flexibility index (Phi) is 3.38. The normalized spacial score (nSPS) is 10.8. The summed E-state index contributed by atoms with van der Waals surface area (Å²) in [5.41, 5.74) is 0.503. The predicted molar refractivity (Wildman–Crippen MR) is 68.9 cm³/mol. The second-order valence-electron chi connectivity index (χ2n) is 4.48. The molecule has 0 spiro atoms. The van der Waals surface area contributed by atoms with Gasteiger partial charge in [-0.05, 0) is 17.4 Å². The molecular formula is C14H16N2O. The first-order chi connectivity index (χ1) is 8.18. The zero-order valence-corrected chi connectivity index (χ0v) is 10.1. The number of benzene rings is 1. The Balaban J connectivity index is 2.32. The van der Waals surface area contributed by atoms with Crippen molar-refractivity contribution in [3.63, 3.8) is 0 Å². The molecule has 0 aliphatic rings. The van der Waals surface area contributed by atoms with Gasteiger partial charge in [0.05, 0.1) is 0 Å². The van der Waals surface area contributed by atoms with E-state index in [9.17, 15) is 4.79 Å². The highest BCUT2D eigenvalue weighted by Gasteiger charge is 2.10. The van der Waals surface area contributed by atoms with Crippen molar-refractivity contribution in [3.8, 4) is 0 Å². The fourth-order valence-corrected chi connectivity index (χ4v) is 1.68. The summed E-state index contributed by atoms with van der Waals surface area (Å²) in [5, 5.41) is 4.83. The minimum Gasteiger partial charge on any atom is -0.350 e. The maximum absolute atomic E-state index is 12.0. The van der Waals surface area contributed by atoms with Gasteiger partial charge in [0.25, 0.3) is 5.91 Å². The molecule has 1 heterocycles. The van der Waals surface area contributed by atoms with Gasteiger partial charge in [0.15, 0.2) is 0 Å². The molecule has 88 valence electrons. The molecule has 0 radical (unpaired) electrons. The fraction of sp³-hybridized carbons (Fsp3) is 0.286. The van der Waals surface area contributed by atoms with E-state index in [-0.39, 0.29) is 5.91 Å². The average molecular weight is 228 g/mol. The molecule has 1 aromatic carbocycles. The van der Waals surface area contributed by atoms with Crippen molar-refractivity contribution in [1.29, 1.82) is 0 Å². The van der Waals surface area contributed by atoms with E-state index < -0.39 is 0 Å². The summed E-state index contributed by atoms with van der Waals surface area (Å²) in [5.74, 6) is 0.337. The van der Waals surface area contributed by atoms with Crippen molar-refractivity contribution in [2.45, 2.75) is 13.8 Å². The van der Waals surface area contributed by atoms with E-state index in [1.807, 2.05) is 30.3 Å². The lowest BCUT2D eigenvalue weighted by Crippen LogP contribution is -2.28. The molecule has 0 saturated heterocycles. The standard InChI is InChI=1S/C14H16N2O/c1-10(2)9-16-14(17)13-12-6-4-3-5-11(12)7-8-15-13/h3-8,10H,9H2,1-2H3,(H,16,17). The van der Waals surface area contributed by atoms with E-state index in [1.165, 1.54) is 0 Å². The Labute approximate surface area is 101 Å². The number of hydrogen-bond donors (Lipinski definition) is 1. The van der Waals surface area contributed by atoms with E-state index in [0.717, 1.165) is 10.8 Å². The number of nitrogens with one attached hydrogen (secondary N) is 1. The average Bonchev–Trinajstić information content (AvgIpc) is 2.35. The minimum absolute atomic E-state index is 0.101. The maximum Gasteiger partial charge on any atom is 0.270 e. The van der Waals surface area contributed by atoms with Crippen LogP contribution in [0.15, 0.2) is 36.5 Å². The molecule has 3 heteroatoms. The van der Waals surface area contributed by atoms with Gasteiger partial charge in [-0.25, -0.2) is 0 Å². The first kappa shape index (κ1) is 11.6. The summed E-state index contributed by atoms with van der Waals surface area (Å²) in [4.78, 5) is 16.2. The summed E-state index contributed by atoms with van der Waals surface area (Å²) in [7, 11) is 0. The van der Waals surface area contributed by atoms with E-state index >= 15 is 0 Å². The van der Waals surface area contributed by atoms with Crippen molar-refractivity contribution < 1.29 is 4.79 Å². The van der Waals surface area contributed by atoms with Gasteiger partial charge in [-0.2, -0.15) is 0 Å². The van der Waals surface area contributed by atoms with Crippen LogP contribution in [0.4, 0.5) is 0 Å². The highest BCUT2D eigenvalue weighted by molar-refractivity contribution is 6.05. The summed E-state index contributed by atoms with van der Waals surface area (Å²) in [6.07, 6.45) is 1.67. The number of pyridine rings is 1. The fourth-order valence-electron chi connectivity index (χ4n) is 1.68. The molecule has 3 nitrogen and oxygen atoms in total. The van der Waals surface area contributed by atoms with E-state index in [2.05, 4.69) is 24.1 Å². The van der Waals surface area contributed by atoms with Gasteiger partial charge in [0.2, 0.25) is 0 Å². The molecule has 0 fully saturated rings. The predicted octanol–water partition coefficient (Wildman–Crippen LogP) is 2.62. The van der Waals surface area contributed by atoms with Crippen LogP contribution in [-0.2, 0) is 0 Å². The summed E-state index contributed by atoms with van der Waals surface area (Å²) in [6, 6.07) is 9.69. The summed E-state index contributed by atoms with van der Waals surface area (Å²) in [6.45, 7) is 4.80. The number of carbonyl (C=O) groups is 1. The zero-order chi connectivity index (χ0) is 12.3. The lowest BCUT2D eigenvalue weighted by Gasteiger charge is -2.08. The van der Waals surface area contributed by atoms with Gasteiger partial charge in [-0.15, -0.1) is 0 Å². The van der Waals surface area contributed by atoms with Gasteiger partial charge >= 0.3 is 0 Å². The number of carbonyl (C=O) groups excluding carboxylic acids is 1. The second-order valence-corrected chi connectivity index (χ2v) is 4.48. The molecule has 1 amide bonds. The number of amides is 1. The van der Waals surface area contributed by atoms with E-state index in [4.69, 9.17) is 0 Å². The summed E-state index contributed by atoms with van der Waals surface area (Å²) < 4.78 is 0. The van der Waals surface area contributed by atoms with Crippen molar-refractivity contribution in [1.82, 2.24) is 10.3 Å². The molecule has 17 heavy (non-hydrogen) atoms. The molecule has 1 N–H and O–H groups in total. The van der Waals surface area contributed by atoms with Crippen molar-refractivity contribution in [2.24, 2.45) is 5.92 Å². The second kappa shape index (κ2) is 4.95. The largest absolute Gasteiger partial charge is 0.350 e. The third-order valence-corrected chi connectivity index (χ3v) is 2.56. The molecular weight excluding hydrogens is 212 g/mol. The van der Waals surface area contributed by atoms with Gasteiger partial charge in [-0.3, -0.25) is 9.78 Å². The third-order valence-electron chi connectivity index (χ3n) is 2.56. The SMILES string of the molecule is CC(C)CNC(=O)c1nccc2ccccc12. The zero-order valence-electron chi connectivity index (χ0n) is 10.1. The lowest BCUT2D eigenvalue weighted by atomic mass is 10.1. The van der Waals surface area contributed by atoms with Crippen molar-refractivity contribution >= 4 is 16.7 Å². The van der Waals surface area contributed by atoms with Crippen LogP contribution in [0.3, 0.4) is 0 Å². The van der Waals surface area contributed by atoms with Gasteiger partial charge in [0.1, 0.15) is 5.69 Å². The number of nitrogens with zero attached hydrogens (tertiary/aromatic N) is 1. The van der Waals surface area contributed by atoms with Crippen molar-refractivity contribution in [3.05, 3.63) is 42.2 Å². The van der Waals surface area contributed by atoms with Crippen LogP contribution in [0.2, 0.25) is 0 Å². The molecule has 1 aromatic heterocycles. The van der Waals surface area contributed by atoms with Crippen LogP contribution < -0.4 is 5.32 Å². The topological polar surface area (TPSA) is 42.0 Å². The molecule has 0 aliphatic carbocycles. The Morgan fingerprint density at radius 1 is 1.29 bits per heavy atom. The van der Waals surface area contributed by atoms with Gasteiger partial charge in [-0.1, -0.05) is 38.1 Å². The molecule has 0 atom stereocenters. The highest BCUT2D eigenvalue weighted by Crippen LogP contribution is 2.15. The molecule has 0 saturated carbocycles. The Morgan fingerprint density at radius 3 is 2.82 bits per heavy atom. The van der Waals surface area contributed by atoms with E-state index in [1.54, 1.807) is 6.20 Å². The quantitative estimate of drug-likeness (QED) is 0.877. The van der Waals surface area contributed by atoms with Crippen LogP contribution in [-0.4, -0.2) is 17.4 Å². The molecule has 2 rings (SSSR count). The van der Waals surface area contributed by atoms with Crippen LogP contribution in [0, 0.1) is 5.92 Å². The molecule has 0 aliphatic heterocycles. The van der Waals surface area contributed by atoms with Crippen LogP contribution >= 0.6 is 0 Å². The molecule has 0 bridgehead atoms. The number of rotatable bonds is 3. The van der Waals surface area contributed by atoms with Gasteiger partial charge in [0, 0.05) is 18.1 Å². The van der Waals surface area contributed by atoms with E-state index in [0.29, 0.717) is 18.2 Å². The monoisotopic (exact) mass is 228 g/mol. The Bertz CT molecular complexity index is 529. The lowest BCUT2D eigenvalue weighted by molar-refractivity contribution is 0.0946. The Morgan fingerprint density at radius 2 is 2.06 bits per heavy atom. The first-order valence-corrected chi connectivity index (χ1v) is 5.80. The van der Waals surface area contributed by atoms with Gasteiger partial charge < -0.3 is 5.32 Å². The third kappa shape index (κ3) is 2.61. The Hall–Kier alpha value is -1.90. The minimum atomic E-state index is -0.101. The number of aromatic nitrogens is 1. The van der Waals surface area contributed by atoms with Crippen molar-refractivity contribution in [2.75, 3.05) is 6.54 Å². The first-order valence-electron chi connectivity index (χ1n) is 5.80. The van der Waals surface area contributed by atoms with Crippen LogP contribution in [0.1, 0.15) is 24.3 Å².